The zero-order chi connectivity index (χ0) is 14.9. The molecule has 20 heavy (non-hydrogen) atoms. The number of nitrogens with one attached hydrogen (secondary N) is 1. The summed E-state index contributed by atoms with van der Waals surface area (Å²) in [7, 11) is 0. The van der Waals surface area contributed by atoms with Gasteiger partial charge in [-0.15, -0.1) is 0 Å². The Morgan fingerprint density at radius 1 is 1.60 bits per heavy atom. The Labute approximate surface area is 115 Å². The third kappa shape index (κ3) is 2.70. The number of nitrogens with zero attached hydrogens (tertiary/aromatic N) is 2. The first-order valence-corrected chi connectivity index (χ1v) is 6.11. The summed E-state index contributed by atoms with van der Waals surface area (Å²) in [5.41, 5.74) is 1.49. The van der Waals surface area contributed by atoms with E-state index in [1.165, 1.54) is 23.1 Å². The fourth-order valence-corrected chi connectivity index (χ4v) is 2.25. The van der Waals surface area contributed by atoms with E-state index in [0.717, 1.165) is 0 Å². The van der Waals surface area contributed by atoms with Gasteiger partial charge in [-0.25, -0.2) is 0 Å². The lowest BCUT2D eigenvalue weighted by Crippen LogP contribution is -2.34. The van der Waals surface area contributed by atoms with Gasteiger partial charge in [0.05, 0.1) is 10.5 Å². The molecule has 1 aromatic carbocycles. The molecule has 2 rings (SSSR count). The number of nitrogen functional groups attached to an aromatic ring is 1. The Bertz CT molecular complexity index is 558. The zero-order valence-electron chi connectivity index (χ0n) is 11.0. The van der Waals surface area contributed by atoms with Gasteiger partial charge >= 0.3 is 0 Å². The monoisotopic (exact) mass is 280 g/mol. The van der Waals surface area contributed by atoms with Crippen LogP contribution in [0.3, 0.4) is 0 Å². The average Bonchev–Trinajstić information content (AvgIpc) is 2.77. The van der Waals surface area contributed by atoms with Crippen molar-refractivity contribution >= 4 is 17.3 Å². The topological polar surface area (TPSA) is 122 Å². The molecule has 1 saturated heterocycles. The van der Waals surface area contributed by atoms with Gasteiger partial charge in [0, 0.05) is 24.8 Å². The van der Waals surface area contributed by atoms with Gasteiger partial charge in [-0.1, -0.05) is 0 Å². The highest BCUT2D eigenvalue weighted by atomic mass is 16.6. The van der Waals surface area contributed by atoms with Crippen LogP contribution >= 0.6 is 0 Å². The predicted octanol–water partition coefficient (Wildman–Crippen LogP) is 0.477. The summed E-state index contributed by atoms with van der Waals surface area (Å²) in [5, 5.41) is 20.9. The molecule has 0 saturated carbocycles. The van der Waals surface area contributed by atoms with Gasteiger partial charge in [0.1, 0.15) is 5.56 Å². The zero-order valence-corrected chi connectivity index (χ0v) is 11.0. The lowest BCUT2D eigenvalue weighted by atomic mass is 10.1. The van der Waals surface area contributed by atoms with Crippen molar-refractivity contribution in [1.82, 2.24) is 4.90 Å². The molecule has 1 aliphatic heterocycles. The second-order valence-electron chi connectivity index (χ2n) is 5.11. The number of carbonyl (C=O) groups excluding carboxylic acids is 1. The van der Waals surface area contributed by atoms with E-state index in [0.29, 0.717) is 18.7 Å². The molecule has 0 bridgehead atoms. The van der Waals surface area contributed by atoms with Crippen LogP contribution in [0, 0.1) is 10.1 Å². The standard InChI is InChI=1S/C12H16N4O4/c1-12(18)4-5-15(7-12)11(17)9-6-8(14-13)2-3-10(9)16(19)20/h2-3,6,14,18H,4-5,7,13H2,1H3. The van der Waals surface area contributed by atoms with E-state index < -0.39 is 16.4 Å². The number of anilines is 1. The first-order valence-electron chi connectivity index (χ1n) is 6.11. The van der Waals surface area contributed by atoms with E-state index in [1.54, 1.807) is 6.92 Å². The van der Waals surface area contributed by atoms with E-state index >= 15 is 0 Å². The number of carbonyl (C=O) groups is 1. The maximum Gasteiger partial charge on any atom is 0.282 e. The van der Waals surface area contributed by atoms with Crippen molar-refractivity contribution in [2.45, 2.75) is 18.9 Å². The van der Waals surface area contributed by atoms with Crippen molar-refractivity contribution in [2.24, 2.45) is 5.84 Å². The summed E-state index contributed by atoms with van der Waals surface area (Å²) >= 11 is 0. The van der Waals surface area contributed by atoms with Crippen LogP contribution in [0.2, 0.25) is 0 Å². The number of likely N-dealkylation sites (tertiary alicyclic amines) is 1. The SMILES string of the molecule is CC1(O)CCN(C(=O)c2cc(NN)ccc2[N+](=O)[O-])C1. The molecule has 1 amide bonds. The molecule has 1 heterocycles. The van der Waals surface area contributed by atoms with Crippen LogP contribution in [0.25, 0.3) is 0 Å². The quantitative estimate of drug-likeness (QED) is 0.420. The number of β-amino-alcohol motifs (C(OH)–C–C–N with tert-alkyl or cyclic N) is 1. The molecule has 0 spiro atoms. The second-order valence-corrected chi connectivity index (χ2v) is 5.11. The van der Waals surface area contributed by atoms with E-state index in [-0.39, 0.29) is 17.8 Å². The van der Waals surface area contributed by atoms with Crippen molar-refractivity contribution in [3.05, 3.63) is 33.9 Å². The highest BCUT2D eigenvalue weighted by Gasteiger charge is 2.36. The first kappa shape index (κ1) is 14.2. The third-order valence-corrected chi connectivity index (χ3v) is 3.33. The molecule has 1 atom stereocenters. The number of aliphatic hydroxyl groups is 1. The predicted molar refractivity (Wildman–Crippen MR) is 72.1 cm³/mol. The van der Waals surface area contributed by atoms with Gasteiger partial charge in [-0.3, -0.25) is 20.8 Å². The third-order valence-electron chi connectivity index (χ3n) is 3.33. The van der Waals surface area contributed by atoms with Crippen LogP contribution in [-0.2, 0) is 0 Å². The molecule has 1 aromatic rings. The summed E-state index contributed by atoms with van der Waals surface area (Å²) < 4.78 is 0. The molecule has 108 valence electrons. The number of nitro benzene ring substituents is 1. The number of hydrogen-bond acceptors (Lipinski definition) is 6. The number of rotatable bonds is 3. The lowest BCUT2D eigenvalue weighted by Gasteiger charge is -2.19. The molecule has 0 radical (unpaired) electrons. The minimum absolute atomic E-state index is 0.0387. The van der Waals surface area contributed by atoms with Crippen molar-refractivity contribution in [2.75, 3.05) is 18.5 Å². The van der Waals surface area contributed by atoms with Crippen LogP contribution < -0.4 is 11.3 Å². The maximum atomic E-state index is 12.4. The minimum Gasteiger partial charge on any atom is -0.388 e. The summed E-state index contributed by atoms with van der Waals surface area (Å²) in [4.78, 5) is 24.2. The van der Waals surface area contributed by atoms with E-state index in [1.807, 2.05) is 0 Å². The fourth-order valence-electron chi connectivity index (χ4n) is 2.25. The smallest absolute Gasteiger partial charge is 0.282 e. The Morgan fingerprint density at radius 3 is 2.80 bits per heavy atom. The number of hydrogen-bond donors (Lipinski definition) is 3. The normalized spacial score (nSPS) is 21.9. The molecule has 8 nitrogen and oxygen atoms in total. The van der Waals surface area contributed by atoms with Crippen molar-refractivity contribution < 1.29 is 14.8 Å². The van der Waals surface area contributed by atoms with E-state index in [4.69, 9.17) is 5.84 Å². The van der Waals surface area contributed by atoms with Crippen molar-refractivity contribution in [3.8, 4) is 0 Å². The van der Waals surface area contributed by atoms with E-state index in [9.17, 15) is 20.0 Å². The number of amides is 1. The summed E-state index contributed by atoms with van der Waals surface area (Å²) in [6, 6.07) is 4.00. The number of nitrogens with two attached hydrogens (primary N) is 1. The van der Waals surface area contributed by atoms with Crippen LogP contribution in [-0.4, -0.2) is 39.5 Å². The second kappa shape index (κ2) is 5.06. The van der Waals surface area contributed by atoms with E-state index in [2.05, 4.69) is 5.43 Å². The Kier molecular flexibility index (Phi) is 3.60. The lowest BCUT2D eigenvalue weighted by molar-refractivity contribution is -0.385. The molecule has 0 aromatic heterocycles. The molecule has 1 unspecified atom stereocenters. The molecule has 1 fully saturated rings. The van der Waals surface area contributed by atoms with Crippen LogP contribution in [0.15, 0.2) is 18.2 Å². The Balaban J connectivity index is 2.35. The summed E-state index contributed by atoms with van der Waals surface area (Å²) in [6.45, 7) is 2.15. The number of hydrazine groups is 1. The largest absolute Gasteiger partial charge is 0.388 e. The van der Waals surface area contributed by atoms with Gasteiger partial charge < -0.3 is 15.4 Å². The Hall–Kier alpha value is -2.19. The van der Waals surface area contributed by atoms with Gasteiger partial charge in [0.2, 0.25) is 0 Å². The van der Waals surface area contributed by atoms with Crippen molar-refractivity contribution in [3.63, 3.8) is 0 Å². The fraction of sp³-hybridized carbons (Fsp3) is 0.417. The minimum atomic E-state index is -0.950. The highest BCUT2D eigenvalue weighted by molar-refractivity contribution is 5.99. The van der Waals surface area contributed by atoms with Crippen LogP contribution in [0.5, 0.6) is 0 Å². The molecule has 4 N–H and O–H groups in total. The van der Waals surface area contributed by atoms with Gasteiger partial charge in [0.15, 0.2) is 0 Å². The number of nitro groups is 1. The molecule has 8 heteroatoms. The molecule has 1 aliphatic rings. The van der Waals surface area contributed by atoms with Crippen LogP contribution in [0.1, 0.15) is 23.7 Å². The first-order chi connectivity index (χ1) is 9.34. The summed E-state index contributed by atoms with van der Waals surface area (Å²) in [6.07, 6.45) is 0.446. The van der Waals surface area contributed by atoms with Crippen LogP contribution in [0.4, 0.5) is 11.4 Å². The molecular weight excluding hydrogens is 264 g/mol. The van der Waals surface area contributed by atoms with Gasteiger partial charge in [-0.05, 0) is 25.5 Å². The summed E-state index contributed by atoms with van der Waals surface area (Å²) in [5.74, 6) is 4.78. The average molecular weight is 280 g/mol. The maximum absolute atomic E-state index is 12.4. The van der Waals surface area contributed by atoms with Crippen molar-refractivity contribution in [1.29, 1.82) is 0 Å². The molecule has 0 aliphatic carbocycles. The van der Waals surface area contributed by atoms with Gasteiger partial charge in [0.25, 0.3) is 11.6 Å². The van der Waals surface area contributed by atoms with Gasteiger partial charge in [-0.2, -0.15) is 0 Å². The Morgan fingerprint density at radius 2 is 2.30 bits per heavy atom. The highest BCUT2D eigenvalue weighted by Crippen LogP contribution is 2.27. The number of benzene rings is 1. The molecular formula is C12H16N4O4.